The Hall–Kier alpha value is -1.97. The summed E-state index contributed by atoms with van der Waals surface area (Å²) in [6, 6.07) is 12.0. The van der Waals surface area contributed by atoms with Gasteiger partial charge in [-0.1, -0.05) is 53.0 Å². The summed E-state index contributed by atoms with van der Waals surface area (Å²) in [7, 11) is -3.51. The number of nitrogens with zero attached hydrogens (tertiary/aromatic N) is 2. The molecule has 1 fully saturated rings. The van der Waals surface area contributed by atoms with Crippen molar-refractivity contribution in [1.29, 1.82) is 0 Å². The van der Waals surface area contributed by atoms with Gasteiger partial charge in [0.1, 0.15) is 0 Å². The molecule has 0 radical (unpaired) electrons. The van der Waals surface area contributed by atoms with E-state index in [4.69, 9.17) is 23.2 Å². The second-order valence-electron chi connectivity index (χ2n) is 7.08. The Kier molecular flexibility index (Phi) is 7.49. The lowest BCUT2D eigenvalue weighted by Gasteiger charge is -2.31. The number of rotatable bonds is 6. The number of quaternary nitrogens is 1. The standard InChI is InChI=1S/C20H22Cl2N4O3S/c1-15-5-7-17(8-6-15)30(28,29)26-11-9-25(10-12-26)14-19(27)24-23-13-16-3-2-4-18(21)20(16)22/h2-8,13H,9-12,14H2,1H3,(H,24,27)/p+1/b23-13+. The van der Waals surface area contributed by atoms with Crippen LogP contribution in [0.4, 0.5) is 0 Å². The number of hydrazone groups is 1. The van der Waals surface area contributed by atoms with E-state index in [0.29, 0.717) is 46.7 Å². The Labute approximate surface area is 186 Å². The predicted octanol–water partition coefficient (Wildman–Crippen LogP) is 1.34. The first-order chi connectivity index (χ1) is 14.3. The summed E-state index contributed by atoms with van der Waals surface area (Å²) in [6.07, 6.45) is 1.44. The van der Waals surface area contributed by atoms with Gasteiger partial charge in [-0.15, -0.1) is 0 Å². The summed E-state index contributed by atoms with van der Waals surface area (Å²) < 4.78 is 27.0. The Morgan fingerprint density at radius 1 is 1.17 bits per heavy atom. The van der Waals surface area contributed by atoms with Gasteiger partial charge in [0.2, 0.25) is 10.0 Å². The number of benzene rings is 2. The zero-order valence-electron chi connectivity index (χ0n) is 16.4. The van der Waals surface area contributed by atoms with Crippen LogP contribution in [0.25, 0.3) is 0 Å². The van der Waals surface area contributed by atoms with Crippen molar-refractivity contribution >= 4 is 45.3 Å². The van der Waals surface area contributed by atoms with Gasteiger partial charge in [0, 0.05) is 5.56 Å². The molecule has 30 heavy (non-hydrogen) atoms. The molecule has 0 bridgehead atoms. The molecule has 0 unspecified atom stereocenters. The molecule has 10 heteroatoms. The van der Waals surface area contributed by atoms with Crippen molar-refractivity contribution in [1.82, 2.24) is 9.73 Å². The zero-order chi connectivity index (χ0) is 21.7. The molecule has 2 aromatic carbocycles. The highest BCUT2D eigenvalue weighted by Crippen LogP contribution is 2.24. The number of carbonyl (C=O) groups excluding carboxylic acids is 1. The van der Waals surface area contributed by atoms with Crippen molar-refractivity contribution in [2.24, 2.45) is 5.10 Å². The maximum absolute atomic E-state index is 12.8. The first kappa shape index (κ1) is 22.7. The van der Waals surface area contributed by atoms with Crippen LogP contribution in [0.2, 0.25) is 10.0 Å². The normalized spacial score (nSPS) is 16.1. The fourth-order valence-corrected chi connectivity index (χ4v) is 4.94. The monoisotopic (exact) mass is 469 g/mol. The third-order valence-corrected chi connectivity index (χ3v) is 7.62. The Morgan fingerprint density at radius 2 is 1.83 bits per heavy atom. The summed E-state index contributed by atoms with van der Waals surface area (Å²) >= 11 is 12.0. The van der Waals surface area contributed by atoms with Gasteiger partial charge in [-0.3, -0.25) is 4.79 Å². The first-order valence-electron chi connectivity index (χ1n) is 9.43. The number of carbonyl (C=O) groups is 1. The van der Waals surface area contributed by atoms with E-state index in [1.807, 2.05) is 6.92 Å². The Morgan fingerprint density at radius 3 is 2.50 bits per heavy atom. The topological polar surface area (TPSA) is 83.3 Å². The fraction of sp³-hybridized carbons (Fsp3) is 0.300. The minimum atomic E-state index is -3.51. The maximum atomic E-state index is 12.8. The smallest absolute Gasteiger partial charge is 0.295 e. The third-order valence-electron chi connectivity index (χ3n) is 4.87. The molecule has 1 saturated heterocycles. The molecule has 160 valence electrons. The molecular weight excluding hydrogens is 447 g/mol. The molecule has 1 aliphatic rings. The van der Waals surface area contributed by atoms with Gasteiger partial charge in [0.05, 0.1) is 47.3 Å². The fourth-order valence-electron chi connectivity index (χ4n) is 3.14. The van der Waals surface area contributed by atoms with Gasteiger partial charge in [0.15, 0.2) is 6.54 Å². The molecule has 1 aliphatic heterocycles. The third kappa shape index (κ3) is 5.59. The summed E-state index contributed by atoms with van der Waals surface area (Å²) in [4.78, 5) is 13.4. The lowest BCUT2D eigenvalue weighted by molar-refractivity contribution is -0.895. The van der Waals surface area contributed by atoms with E-state index in [0.717, 1.165) is 10.5 Å². The van der Waals surface area contributed by atoms with E-state index < -0.39 is 10.0 Å². The Balaban J connectivity index is 1.49. The van der Waals surface area contributed by atoms with E-state index >= 15 is 0 Å². The van der Waals surface area contributed by atoms with Crippen LogP contribution in [0.15, 0.2) is 52.5 Å². The maximum Gasteiger partial charge on any atom is 0.295 e. The molecule has 2 N–H and O–H groups in total. The number of hydrogen-bond donors (Lipinski definition) is 2. The molecule has 0 atom stereocenters. The van der Waals surface area contributed by atoms with E-state index in [9.17, 15) is 13.2 Å². The van der Waals surface area contributed by atoms with Gasteiger partial charge in [-0.05, 0) is 25.1 Å². The average molecular weight is 470 g/mol. The SMILES string of the molecule is Cc1ccc(S(=O)(=O)N2CC[NH+](CC(=O)N/N=C/c3cccc(Cl)c3Cl)CC2)cc1. The number of nitrogens with one attached hydrogen (secondary N) is 2. The highest BCUT2D eigenvalue weighted by molar-refractivity contribution is 7.89. The van der Waals surface area contributed by atoms with Crippen LogP contribution < -0.4 is 10.3 Å². The largest absolute Gasteiger partial charge is 0.325 e. The quantitative estimate of drug-likeness (QED) is 0.494. The van der Waals surface area contributed by atoms with Crippen LogP contribution in [-0.4, -0.2) is 57.6 Å². The molecule has 2 aromatic rings. The van der Waals surface area contributed by atoms with Crippen molar-refractivity contribution in [2.75, 3.05) is 32.7 Å². The highest BCUT2D eigenvalue weighted by atomic mass is 35.5. The number of halogens is 2. The summed E-state index contributed by atoms with van der Waals surface area (Å²) in [5, 5.41) is 4.70. The first-order valence-corrected chi connectivity index (χ1v) is 11.6. The molecule has 1 heterocycles. The van der Waals surface area contributed by atoms with E-state index in [2.05, 4.69) is 10.5 Å². The minimum absolute atomic E-state index is 0.207. The second-order valence-corrected chi connectivity index (χ2v) is 9.80. The second kappa shape index (κ2) is 9.89. The van der Waals surface area contributed by atoms with Crippen LogP contribution >= 0.6 is 23.2 Å². The molecule has 3 rings (SSSR count). The Bertz CT molecular complexity index is 1030. The number of sulfonamides is 1. The average Bonchev–Trinajstić information content (AvgIpc) is 2.72. The lowest BCUT2D eigenvalue weighted by Crippen LogP contribution is -3.15. The van der Waals surface area contributed by atoms with Gasteiger partial charge in [-0.25, -0.2) is 13.8 Å². The van der Waals surface area contributed by atoms with Crippen molar-refractivity contribution < 1.29 is 18.1 Å². The van der Waals surface area contributed by atoms with Crippen molar-refractivity contribution in [2.45, 2.75) is 11.8 Å². The van der Waals surface area contributed by atoms with Gasteiger partial charge in [-0.2, -0.15) is 9.41 Å². The van der Waals surface area contributed by atoms with Crippen LogP contribution in [0.5, 0.6) is 0 Å². The molecular formula is C20H23Cl2N4O3S+. The van der Waals surface area contributed by atoms with Crippen molar-refractivity contribution in [3.05, 3.63) is 63.6 Å². The number of hydrogen-bond acceptors (Lipinski definition) is 4. The van der Waals surface area contributed by atoms with Gasteiger partial charge >= 0.3 is 0 Å². The predicted molar refractivity (Wildman–Crippen MR) is 118 cm³/mol. The lowest BCUT2D eigenvalue weighted by atomic mass is 10.2. The van der Waals surface area contributed by atoms with Crippen molar-refractivity contribution in [3.63, 3.8) is 0 Å². The van der Waals surface area contributed by atoms with Crippen molar-refractivity contribution in [3.8, 4) is 0 Å². The molecule has 1 amide bonds. The van der Waals surface area contributed by atoms with E-state index in [-0.39, 0.29) is 12.5 Å². The molecule has 0 saturated carbocycles. The minimum Gasteiger partial charge on any atom is -0.325 e. The van der Waals surface area contributed by atoms with Gasteiger partial charge in [0.25, 0.3) is 5.91 Å². The number of piperazine rings is 1. The summed E-state index contributed by atoms with van der Waals surface area (Å²) in [6.45, 7) is 3.93. The van der Waals surface area contributed by atoms with E-state index in [1.165, 1.54) is 10.5 Å². The molecule has 0 aliphatic carbocycles. The van der Waals surface area contributed by atoms with E-state index in [1.54, 1.807) is 42.5 Å². The molecule has 0 aromatic heterocycles. The zero-order valence-corrected chi connectivity index (χ0v) is 18.8. The summed E-state index contributed by atoms with van der Waals surface area (Å²) in [5.41, 5.74) is 4.09. The van der Waals surface area contributed by atoms with Gasteiger partial charge < -0.3 is 4.90 Å². The number of aryl methyl sites for hydroxylation is 1. The van der Waals surface area contributed by atoms with Crippen LogP contribution in [0.3, 0.4) is 0 Å². The van der Waals surface area contributed by atoms with Crippen LogP contribution in [0, 0.1) is 6.92 Å². The molecule has 0 spiro atoms. The van der Waals surface area contributed by atoms with Crippen LogP contribution in [0.1, 0.15) is 11.1 Å². The summed E-state index contributed by atoms with van der Waals surface area (Å²) in [5.74, 6) is -0.255. The molecule has 7 nitrogen and oxygen atoms in total. The number of amides is 1. The van der Waals surface area contributed by atoms with Crippen LogP contribution in [-0.2, 0) is 14.8 Å². The highest BCUT2D eigenvalue weighted by Gasteiger charge is 2.31.